The molecule has 5 heteroatoms. The molecule has 1 aromatic carbocycles. The van der Waals surface area contributed by atoms with E-state index in [-0.39, 0.29) is 5.91 Å². The first-order valence-electron chi connectivity index (χ1n) is 4.65. The highest BCUT2D eigenvalue weighted by atomic mass is 31.1. The average Bonchev–Trinajstić information content (AvgIpc) is 2.66. The van der Waals surface area contributed by atoms with Gasteiger partial charge in [0.2, 0.25) is 11.8 Å². The second kappa shape index (κ2) is 4.89. The summed E-state index contributed by atoms with van der Waals surface area (Å²) in [7, 11) is -0.636. The van der Waals surface area contributed by atoms with Crippen LogP contribution in [0.5, 0.6) is 5.75 Å². The number of carbonyl (C=O) groups is 1. The van der Waals surface area contributed by atoms with Crippen LogP contribution < -0.4 is 4.52 Å². The lowest BCUT2D eigenvalue weighted by molar-refractivity contribution is -0.117. The minimum absolute atomic E-state index is 0.107. The molecule has 0 spiro atoms. The van der Waals surface area contributed by atoms with Gasteiger partial charge in [0.1, 0.15) is 0 Å². The molecule has 2 rings (SSSR count). The zero-order chi connectivity index (χ0) is 10.5. The third-order valence-corrected chi connectivity index (χ3v) is 2.65. The molecule has 1 aromatic rings. The molecule has 0 aromatic heterocycles. The van der Waals surface area contributed by atoms with E-state index < -0.39 is 9.03 Å². The molecule has 0 fully saturated rings. The summed E-state index contributed by atoms with van der Waals surface area (Å²) in [6.07, 6.45) is 1.06. The number of benzene rings is 1. The van der Waals surface area contributed by atoms with Crippen LogP contribution in [0.2, 0.25) is 0 Å². The van der Waals surface area contributed by atoms with Gasteiger partial charge >= 0.3 is 9.03 Å². The van der Waals surface area contributed by atoms with E-state index in [1.165, 1.54) is 0 Å². The first-order valence-corrected chi connectivity index (χ1v) is 5.59. The molecule has 1 unspecified atom stereocenters. The molecule has 0 radical (unpaired) electrons. The Labute approximate surface area is 89.3 Å². The van der Waals surface area contributed by atoms with Gasteiger partial charge in [0, 0.05) is 12.8 Å². The van der Waals surface area contributed by atoms with Gasteiger partial charge in [-0.1, -0.05) is 18.2 Å². The average molecular weight is 224 g/mol. The van der Waals surface area contributed by atoms with Crippen LogP contribution in [0.4, 0.5) is 0 Å². The predicted molar refractivity (Wildman–Crippen MR) is 59.5 cm³/mol. The van der Waals surface area contributed by atoms with Crippen molar-refractivity contribution in [3.63, 3.8) is 0 Å². The summed E-state index contributed by atoms with van der Waals surface area (Å²) in [5.41, 5.74) is 0. The Hall–Kier alpha value is -1.41. The van der Waals surface area contributed by atoms with Gasteiger partial charge < -0.3 is 4.52 Å². The molecule has 1 atom stereocenters. The van der Waals surface area contributed by atoms with E-state index in [4.69, 9.17) is 9.05 Å². The summed E-state index contributed by atoms with van der Waals surface area (Å²) in [6, 6.07) is 9.43. The van der Waals surface area contributed by atoms with Crippen LogP contribution in [0.15, 0.2) is 35.3 Å². The summed E-state index contributed by atoms with van der Waals surface area (Å²) < 4.78 is 10.6. The number of aliphatic imine (C=N–C) groups is 1. The van der Waals surface area contributed by atoms with Crippen molar-refractivity contribution in [1.29, 1.82) is 0 Å². The van der Waals surface area contributed by atoms with Gasteiger partial charge in [0.05, 0.1) is 0 Å². The third kappa shape index (κ3) is 3.03. The highest BCUT2D eigenvalue weighted by molar-refractivity contribution is 7.27. The topological polar surface area (TPSA) is 47.9 Å². The van der Waals surface area contributed by atoms with Crippen molar-refractivity contribution in [3.05, 3.63) is 30.3 Å². The van der Waals surface area contributed by atoms with Crippen LogP contribution >= 0.6 is 9.03 Å². The summed E-state index contributed by atoms with van der Waals surface area (Å²) in [5.74, 6) is 1.17. The molecular formula is C10H11NO3P+. The molecule has 4 nitrogen and oxygen atoms in total. The van der Waals surface area contributed by atoms with E-state index in [1.807, 2.05) is 30.3 Å². The Balaban J connectivity index is 1.76. The van der Waals surface area contributed by atoms with E-state index >= 15 is 0 Å². The van der Waals surface area contributed by atoms with E-state index in [2.05, 4.69) is 4.99 Å². The van der Waals surface area contributed by atoms with E-state index in [1.54, 1.807) is 0 Å². The molecule has 0 saturated carbocycles. The Morgan fingerprint density at radius 2 is 1.93 bits per heavy atom. The van der Waals surface area contributed by atoms with Crippen LogP contribution in [0.1, 0.15) is 12.8 Å². The first kappa shape index (κ1) is 10.1. The molecule has 78 valence electrons. The van der Waals surface area contributed by atoms with Gasteiger partial charge in [-0.15, -0.1) is 0 Å². The maximum absolute atomic E-state index is 10.8. The van der Waals surface area contributed by atoms with Crippen molar-refractivity contribution in [2.24, 2.45) is 4.99 Å². The number of para-hydroxylation sites is 1. The van der Waals surface area contributed by atoms with Crippen LogP contribution in [0, 0.1) is 0 Å². The number of hydrogen-bond donors (Lipinski definition) is 0. The fourth-order valence-electron chi connectivity index (χ4n) is 1.18. The first-order chi connectivity index (χ1) is 7.34. The predicted octanol–water partition coefficient (Wildman–Crippen LogP) is 2.04. The molecule has 0 saturated heterocycles. The van der Waals surface area contributed by atoms with E-state index in [9.17, 15) is 4.79 Å². The largest absolute Gasteiger partial charge is 0.342 e. The van der Waals surface area contributed by atoms with Crippen molar-refractivity contribution in [2.75, 3.05) is 0 Å². The maximum atomic E-state index is 10.8. The van der Waals surface area contributed by atoms with Crippen molar-refractivity contribution in [2.45, 2.75) is 12.8 Å². The zero-order valence-electron chi connectivity index (χ0n) is 8.05. The van der Waals surface area contributed by atoms with E-state index in [0.29, 0.717) is 18.7 Å². The van der Waals surface area contributed by atoms with Gasteiger partial charge in [-0.25, -0.2) is 0 Å². The molecule has 1 aliphatic rings. The zero-order valence-corrected chi connectivity index (χ0v) is 9.20. The summed E-state index contributed by atoms with van der Waals surface area (Å²) >= 11 is 0. The quantitative estimate of drug-likeness (QED) is 0.738. The molecule has 15 heavy (non-hydrogen) atoms. The minimum atomic E-state index is -0.636. The SMILES string of the molecule is O=C1CCC(O[PH2+]Oc2ccccc2)=N1. The summed E-state index contributed by atoms with van der Waals surface area (Å²) in [6.45, 7) is 0. The number of rotatable bonds is 3. The molecule has 0 bridgehead atoms. The van der Waals surface area contributed by atoms with Crippen LogP contribution in [0.25, 0.3) is 0 Å². The molecule has 1 aliphatic heterocycles. The fraction of sp³-hybridized carbons (Fsp3) is 0.200. The highest BCUT2D eigenvalue weighted by Crippen LogP contribution is 2.23. The molecule has 0 aliphatic carbocycles. The molecule has 1 amide bonds. The Morgan fingerprint density at radius 1 is 1.13 bits per heavy atom. The van der Waals surface area contributed by atoms with Crippen molar-refractivity contribution < 1.29 is 13.8 Å². The van der Waals surface area contributed by atoms with Crippen molar-refractivity contribution >= 4 is 20.8 Å². The van der Waals surface area contributed by atoms with Crippen LogP contribution in [0.3, 0.4) is 0 Å². The number of hydrogen-bond acceptors (Lipinski definition) is 3. The van der Waals surface area contributed by atoms with Gasteiger partial charge in [-0.3, -0.25) is 9.32 Å². The minimum Gasteiger partial charge on any atom is -0.315 e. The molecule has 0 N–H and O–H groups in total. The lowest BCUT2D eigenvalue weighted by atomic mass is 10.3. The van der Waals surface area contributed by atoms with Crippen LogP contribution in [-0.4, -0.2) is 11.8 Å². The van der Waals surface area contributed by atoms with Gasteiger partial charge in [-0.2, -0.15) is 4.99 Å². The summed E-state index contributed by atoms with van der Waals surface area (Å²) in [4.78, 5) is 14.5. The fourth-order valence-corrected chi connectivity index (χ4v) is 1.78. The smallest absolute Gasteiger partial charge is 0.315 e. The maximum Gasteiger partial charge on any atom is 0.342 e. The number of nitrogens with zero attached hydrogens (tertiary/aromatic N) is 1. The third-order valence-electron chi connectivity index (χ3n) is 1.91. The lowest BCUT2D eigenvalue weighted by Gasteiger charge is -1.97. The second-order valence-electron chi connectivity index (χ2n) is 3.04. The van der Waals surface area contributed by atoms with Crippen molar-refractivity contribution in [3.8, 4) is 5.75 Å². The molecular weight excluding hydrogens is 213 g/mol. The lowest BCUT2D eigenvalue weighted by Crippen LogP contribution is -1.93. The van der Waals surface area contributed by atoms with Gasteiger partial charge in [-0.05, 0) is 12.1 Å². The number of carbonyl (C=O) groups excluding carboxylic acids is 1. The standard InChI is InChI=1S/C10H11NO3P/c12-9-6-7-10(11-9)14-15-13-8-4-2-1-3-5-8/h1-5H,6-7,15H2/q+1. The van der Waals surface area contributed by atoms with E-state index in [0.717, 1.165) is 5.75 Å². The Morgan fingerprint density at radius 3 is 2.60 bits per heavy atom. The summed E-state index contributed by atoms with van der Waals surface area (Å²) in [5, 5.41) is 0. The highest BCUT2D eigenvalue weighted by Gasteiger charge is 2.17. The number of amides is 1. The van der Waals surface area contributed by atoms with Crippen molar-refractivity contribution in [1.82, 2.24) is 0 Å². The molecule has 1 heterocycles. The van der Waals surface area contributed by atoms with Gasteiger partial charge in [0.25, 0.3) is 0 Å². The normalized spacial score (nSPS) is 15.7. The van der Waals surface area contributed by atoms with Gasteiger partial charge in [0.15, 0.2) is 5.75 Å². The Bertz CT molecular complexity index is 378. The Kier molecular flexibility index (Phi) is 3.30. The second-order valence-corrected chi connectivity index (χ2v) is 3.71. The van der Waals surface area contributed by atoms with Crippen LogP contribution in [-0.2, 0) is 9.32 Å². The monoisotopic (exact) mass is 224 g/mol.